The average molecular weight is 174 g/mol. The second-order valence-electron chi connectivity index (χ2n) is 3.31. The van der Waals surface area contributed by atoms with Gasteiger partial charge in [-0.25, -0.2) is 0 Å². The van der Waals surface area contributed by atoms with Crippen LogP contribution in [0.25, 0.3) is 5.65 Å². The van der Waals surface area contributed by atoms with Gasteiger partial charge in [-0.15, -0.1) is 10.2 Å². The quantitative estimate of drug-likeness (QED) is 0.627. The second kappa shape index (κ2) is 2.53. The summed E-state index contributed by atoms with van der Waals surface area (Å²) in [5.41, 5.74) is 3.69. The summed E-state index contributed by atoms with van der Waals surface area (Å²) in [6.07, 6.45) is 4.86. The van der Waals surface area contributed by atoms with E-state index < -0.39 is 0 Å². The Morgan fingerprint density at radius 3 is 3.46 bits per heavy atom. The summed E-state index contributed by atoms with van der Waals surface area (Å²) in [5.74, 6) is 0. The van der Waals surface area contributed by atoms with Gasteiger partial charge in [0.05, 0.1) is 0 Å². The van der Waals surface area contributed by atoms with E-state index >= 15 is 0 Å². The number of nitrogens with one attached hydrogen (secondary N) is 1. The molecule has 0 saturated heterocycles. The third kappa shape index (κ3) is 0.954. The van der Waals surface area contributed by atoms with Crippen LogP contribution in [0.3, 0.4) is 0 Å². The van der Waals surface area contributed by atoms with E-state index in [4.69, 9.17) is 0 Å². The van der Waals surface area contributed by atoms with Crippen LogP contribution in [0.5, 0.6) is 0 Å². The van der Waals surface area contributed by atoms with Crippen LogP contribution in [-0.2, 0) is 13.0 Å². The Bertz CT molecular complexity index is 446. The van der Waals surface area contributed by atoms with Gasteiger partial charge in [-0.05, 0) is 24.6 Å². The zero-order valence-corrected chi connectivity index (χ0v) is 7.20. The van der Waals surface area contributed by atoms with Crippen molar-refractivity contribution in [2.24, 2.45) is 0 Å². The Labute approximate surface area is 75.6 Å². The van der Waals surface area contributed by atoms with E-state index in [9.17, 15) is 0 Å². The van der Waals surface area contributed by atoms with E-state index in [1.54, 1.807) is 6.33 Å². The number of hydrogen-bond acceptors (Lipinski definition) is 3. The van der Waals surface area contributed by atoms with Gasteiger partial charge in [0.15, 0.2) is 5.65 Å². The Balaban J connectivity index is 2.34. The van der Waals surface area contributed by atoms with Crippen molar-refractivity contribution in [2.45, 2.75) is 13.0 Å². The van der Waals surface area contributed by atoms with Gasteiger partial charge < -0.3 is 5.32 Å². The second-order valence-corrected chi connectivity index (χ2v) is 3.31. The number of fused-ring (bicyclic) bond motifs is 3. The first-order valence-corrected chi connectivity index (χ1v) is 4.46. The lowest BCUT2D eigenvalue weighted by atomic mass is 10.0. The number of hydrogen-bond donors (Lipinski definition) is 1. The van der Waals surface area contributed by atoms with Crippen molar-refractivity contribution >= 4 is 5.65 Å². The van der Waals surface area contributed by atoms with Gasteiger partial charge in [0.1, 0.15) is 6.33 Å². The topological polar surface area (TPSA) is 42.2 Å². The molecule has 0 amide bonds. The molecule has 3 heterocycles. The molecule has 2 aromatic heterocycles. The molecule has 0 aliphatic carbocycles. The molecule has 0 fully saturated rings. The predicted octanol–water partition coefficient (Wildman–Crippen LogP) is 0.375. The lowest BCUT2D eigenvalue weighted by Crippen LogP contribution is -2.24. The lowest BCUT2D eigenvalue weighted by molar-refractivity contribution is 0.643. The van der Waals surface area contributed by atoms with Crippen molar-refractivity contribution < 1.29 is 0 Å². The Morgan fingerprint density at radius 1 is 1.46 bits per heavy atom. The highest BCUT2D eigenvalue weighted by atomic mass is 15.2. The number of nitrogens with zero attached hydrogens (tertiary/aromatic N) is 3. The highest BCUT2D eigenvalue weighted by molar-refractivity contribution is 5.51. The van der Waals surface area contributed by atoms with Gasteiger partial charge in [0.25, 0.3) is 0 Å². The standard InChI is InChI=1S/C9H10N4/c1-3-10-5-8-7(1)2-4-13-6-11-12-9(8)13/h2,4,6,10H,1,3,5H2. The largest absolute Gasteiger partial charge is 0.312 e. The molecule has 0 aromatic carbocycles. The fourth-order valence-corrected chi connectivity index (χ4v) is 1.85. The minimum atomic E-state index is 0.915. The van der Waals surface area contributed by atoms with E-state index in [2.05, 4.69) is 21.6 Å². The van der Waals surface area contributed by atoms with Gasteiger partial charge in [0, 0.05) is 18.3 Å². The number of aromatic nitrogens is 3. The van der Waals surface area contributed by atoms with Crippen LogP contribution in [0.4, 0.5) is 0 Å². The molecule has 0 saturated carbocycles. The van der Waals surface area contributed by atoms with Crippen LogP contribution >= 0.6 is 0 Å². The van der Waals surface area contributed by atoms with Crippen molar-refractivity contribution in [1.82, 2.24) is 19.9 Å². The number of rotatable bonds is 0. The van der Waals surface area contributed by atoms with Crippen LogP contribution in [-0.4, -0.2) is 21.1 Å². The third-order valence-electron chi connectivity index (χ3n) is 2.54. The van der Waals surface area contributed by atoms with Gasteiger partial charge in [-0.3, -0.25) is 4.40 Å². The van der Waals surface area contributed by atoms with E-state index in [1.807, 2.05) is 10.6 Å². The maximum atomic E-state index is 4.10. The SMILES string of the molecule is c1cn2cnnc2c2c1CCNC2. The minimum Gasteiger partial charge on any atom is -0.312 e. The lowest BCUT2D eigenvalue weighted by Gasteiger charge is -2.16. The van der Waals surface area contributed by atoms with Gasteiger partial charge in [0.2, 0.25) is 0 Å². The smallest absolute Gasteiger partial charge is 0.165 e. The van der Waals surface area contributed by atoms with Crippen LogP contribution in [0.15, 0.2) is 18.6 Å². The Kier molecular flexibility index (Phi) is 1.37. The van der Waals surface area contributed by atoms with Gasteiger partial charge >= 0.3 is 0 Å². The molecule has 4 heteroatoms. The van der Waals surface area contributed by atoms with Crippen molar-refractivity contribution in [1.29, 1.82) is 0 Å². The number of pyridine rings is 1. The summed E-state index contributed by atoms with van der Waals surface area (Å²) >= 11 is 0. The molecular formula is C9H10N4. The molecule has 0 radical (unpaired) electrons. The first-order chi connectivity index (χ1) is 6.45. The summed E-state index contributed by atoms with van der Waals surface area (Å²) in [6.45, 7) is 1.98. The van der Waals surface area contributed by atoms with E-state index in [0.717, 1.165) is 25.2 Å². The molecule has 4 nitrogen and oxygen atoms in total. The Morgan fingerprint density at radius 2 is 2.46 bits per heavy atom. The summed E-state index contributed by atoms with van der Waals surface area (Å²) in [6, 6.07) is 2.16. The molecule has 0 atom stereocenters. The van der Waals surface area contributed by atoms with E-state index in [1.165, 1.54) is 11.1 Å². The third-order valence-corrected chi connectivity index (χ3v) is 2.54. The summed E-state index contributed by atoms with van der Waals surface area (Å²) in [4.78, 5) is 0. The predicted molar refractivity (Wildman–Crippen MR) is 48.4 cm³/mol. The van der Waals surface area contributed by atoms with Gasteiger partial charge in [-0.1, -0.05) is 0 Å². The summed E-state index contributed by atoms with van der Waals surface area (Å²) in [5, 5.41) is 11.3. The molecule has 1 aliphatic rings. The molecule has 0 unspecified atom stereocenters. The maximum absolute atomic E-state index is 4.10. The molecule has 1 aliphatic heterocycles. The van der Waals surface area contributed by atoms with Crippen LogP contribution < -0.4 is 5.32 Å². The minimum absolute atomic E-state index is 0.915. The first kappa shape index (κ1) is 7.03. The molecule has 1 N–H and O–H groups in total. The zero-order chi connectivity index (χ0) is 8.67. The van der Waals surface area contributed by atoms with Crippen molar-refractivity contribution in [2.75, 3.05) is 6.54 Å². The van der Waals surface area contributed by atoms with Crippen LogP contribution in [0.1, 0.15) is 11.1 Å². The highest BCUT2D eigenvalue weighted by Gasteiger charge is 2.12. The molecule has 0 spiro atoms. The molecule has 0 bridgehead atoms. The first-order valence-electron chi connectivity index (χ1n) is 4.46. The normalized spacial score (nSPS) is 16.0. The molecule has 3 rings (SSSR count). The monoisotopic (exact) mass is 174 g/mol. The molecule has 66 valence electrons. The maximum Gasteiger partial charge on any atom is 0.165 e. The Hall–Kier alpha value is -1.42. The molecule has 2 aromatic rings. The summed E-state index contributed by atoms with van der Waals surface area (Å²) in [7, 11) is 0. The van der Waals surface area contributed by atoms with Crippen molar-refractivity contribution in [3.05, 3.63) is 29.7 Å². The highest BCUT2D eigenvalue weighted by Crippen LogP contribution is 2.17. The van der Waals surface area contributed by atoms with Crippen molar-refractivity contribution in [3.8, 4) is 0 Å². The van der Waals surface area contributed by atoms with Gasteiger partial charge in [-0.2, -0.15) is 0 Å². The van der Waals surface area contributed by atoms with Crippen molar-refractivity contribution in [3.63, 3.8) is 0 Å². The average Bonchev–Trinajstić information content (AvgIpc) is 2.65. The van der Waals surface area contributed by atoms with Crippen LogP contribution in [0.2, 0.25) is 0 Å². The molecule has 13 heavy (non-hydrogen) atoms. The van der Waals surface area contributed by atoms with E-state index in [-0.39, 0.29) is 0 Å². The zero-order valence-electron chi connectivity index (χ0n) is 7.20. The fraction of sp³-hybridized carbons (Fsp3) is 0.333. The fourth-order valence-electron chi connectivity index (χ4n) is 1.85. The van der Waals surface area contributed by atoms with E-state index in [0.29, 0.717) is 0 Å². The van der Waals surface area contributed by atoms with Crippen LogP contribution in [0, 0.1) is 0 Å². The summed E-state index contributed by atoms with van der Waals surface area (Å²) < 4.78 is 1.96. The molecular weight excluding hydrogens is 164 g/mol.